The van der Waals surface area contributed by atoms with Crippen LogP contribution in [0, 0.1) is 13.8 Å². The fourth-order valence-electron chi connectivity index (χ4n) is 7.15. The summed E-state index contributed by atoms with van der Waals surface area (Å²) in [5.41, 5.74) is 9.61. The zero-order valence-corrected chi connectivity index (χ0v) is 29.1. The normalized spacial score (nSPS) is 12.0. The molecule has 0 saturated heterocycles. The van der Waals surface area contributed by atoms with E-state index in [-0.39, 0.29) is 0 Å². The topological polar surface area (TPSA) is 6.48 Å². The van der Waals surface area contributed by atoms with Crippen LogP contribution in [0.5, 0.6) is 0 Å². The van der Waals surface area contributed by atoms with Crippen molar-refractivity contribution in [2.75, 3.05) is 9.80 Å². The van der Waals surface area contributed by atoms with Crippen LogP contribution in [0.1, 0.15) is 25.0 Å². The Morgan fingerprint density at radius 2 is 0.939 bits per heavy atom. The first kappa shape index (κ1) is 30.8. The quantitative estimate of drug-likeness (QED) is 0.175. The van der Waals surface area contributed by atoms with Crippen LogP contribution in [0.15, 0.2) is 168 Å². The molecule has 1 heterocycles. The molecule has 0 aromatic heterocycles. The van der Waals surface area contributed by atoms with Crippen LogP contribution in [-0.2, 0) is 0 Å². The third-order valence-corrected chi connectivity index (χ3v) is 10.6. The van der Waals surface area contributed by atoms with Crippen LogP contribution in [-0.4, -0.2) is 0 Å². The first-order valence-electron chi connectivity index (χ1n) is 17.1. The number of anilines is 6. The van der Waals surface area contributed by atoms with Crippen molar-refractivity contribution in [2.24, 2.45) is 0 Å². The van der Waals surface area contributed by atoms with E-state index in [0.29, 0.717) is 0 Å². The van der Waals surface area contributed by atoms with Gasteiger partial charge in [0.25, 0.3) is 0 Å². The van der Waals surface area contributed by atoms with Crippen LogP contribution < -0.4 is 9.80 Å². The van der Waals surface area contributed by atoms with Gasteiger partial charge in [0.05, 0.1) is 11.4 Å². The molecule has 49 heavy (non-hydrogen) atoms. The molecule has 0 radical (unpaired) electrons. The number of rotatable bonds is 4. The third-order valence-electron chi connectivity index (χ3n) is 9.45. The minimum Gasteiger partial charge on any atom is -0.310 e. The Kier molecular flexibility index (Phi) is 8.07. The molecule has 2 nitrogen and oxygen atoms in total. The standard InChI is InChI=1S/C44H32N2S.C2H6/c1-29-11-3-5-13-38(29)45(39-14-6-4-12-30(39)2)34-25-23-31-19-21-33-22-20-32-24-26-35(28-37(32)44(33)36(31)27-34)46-40-15-7-9-17-42(40)47-43-18-10-8-16-41(43)46;1-2/h3-28H,1-2H3;1-2H3. The molecular formula is C46H38N2S. The number of benzene rings is 8. The molecule has 0 spiro atoms. The second-order valence-electron chi connectivity index (χ2n) is 12.3. The van der Waals surface area contributed by atoms with Gasteiger partial charge in [-0.05, 0) is 118 Å². The minimum absolute atomic E-state index is 1.15. The summed E-state index contributed by atoms with van der Waals surface area (Å²) in [5, 5.41) is 7.51. The molecule has 1 aliphatic rings. The summed E-state index contributed by atoms with van der Waals surface area (Å²) < 4.78 is 0. The molecule has 0 unspecified atom stereocenters. The van der Waals surface area contributed by atoms with Gasteiger partial charge >= 0.3 is 0 Å². The molecule has 0 N–H and O–H groups in total. The minimum atomic E-state index is 1.15. The molecule has 0 fully saturated rings. The first-order valence-corrected chi connectivity index (χ1v) is 17.9. The van der Waals surface area contributed by atoms with Gasteiger partial charge in [-0.2, -0.15) is 0 Å². The highest BCUT2D eigenvalue weighted by molar-refractivity contribution is 7.99. The van der Waals surface area contributed by atoms with Gasteiger partial charge in [0.2, 0.25) is 0 Å². The largest absolute Gasteiger partial charge is 0.310 e. The predicted octanol–water partition coefficient (Wildman–Crippen LogP) is 14.2. The van der Waals surface area contributed by atoms with E-state index in [0.717, 1.165) is 5.69 Å². The second kappa shape index (κ2) is 12.8. The fraction of sp³-hybridized carbons (Fsp3) is 0.0870. The van der Waals surface area contributed by atoms with Crippen LogP contribution in [0.2, 0.25) is 0 Å². The number of nitrogens with zero attached hydrogens (tertiary/aromatic N) is 2. The summed E-state index contributed by atoms with van der Waals surface area (Å²) in [5.74, 6) is 0. The summed E-state index contributed by atoms with van der Waals surface area (Å²) >= 11 is 1.85. The van der Waals surface area contributed by atoms with E-state index < -0.39 is 0 Å². The molecule has 0 aliphatic carbocycles. The molecule has 0 atom stereocenters. The average Bonchev–Trinajstić information content (AvgIpc) is 3.15. The zero-order chi connectivity index (χ0) is 33.5. The summed E-state index contributed by atoms with van der Waals surface area (Å²) in [6.07, 6.45) is 0. The smallest absolute Gasteiger partial charge is 0.0601 e. The summed E-state index contributed by atoms with van der Waals surface area (Å²) in [6.45, 7) is 8.39. The Morgan fingerprint density at radius 1 is 0.469 bits per heavy atom. The Bertz CT molecular complexity index is 2400. The van der Waals surface area contributed by atoms with Gasteiger partial charge in [-0.15, -0.1) is 0 Å². The lowest BCUT2D eigenvalue weighted by molar-refractivity contribution is 1.17. The Labute approximate surface area is 293 Å². The van der Waals surface area contributed by atoms with E-state index in [4.69, 9.17) is 0 Å². The predicted molar refractivity (Wildman–Crippen MR) is 213 cm³/mol. The van der Waals surface area contributed by atoms with Crippen molar-refractivity contribution < 1.29 is 0 Å². The van der Waals surface area contributed by atoms with Gasteiger partial charge in [0, 0.05) is 32.5 Å². The van der Waals surface area contributed by atoms with Crippen molar-refractivity contribution in [3.63, 3.8) is 0 Å². The Hall–Kier alpha value is -5.51. The van der Waals surface area contributed by atoms with Crippen molar-refractivity contribution in [1.82, 2.24) is 0 Å². The molecule has 8 aromatic rings. The van der Waals surface area contributed by atoms with E-state index in [1.165, 1.54) is 81.7 Å². The van der Waals surface area contributed by atoms with E-state index in [1.807, 2.05) is 25.6 Å². The van der Waals surface area contributed by atoms with Gasteiger partial charge in [0.15, 0.2) is 0 Å². The number of para-hydroxylation sites is 4. The Morgan fingerprint density at radius 3 is 1.53 bits per heavy atom. The SMILES string of the molecule is CC.Cc1ccccc1N(c1ccc2ccc3ccc4ccc(N5c6ccccc6Sc6ccccc65)cc4c3c2c1)c1ccccc1C. The highest BCUT2D eigenvalue weighted by atomic mass is 32.2. The third kappa shape index (κ3) is 5.31. The maximum absolute atomic E-state index is 2.42. The lowest BCUT2D eigenvalue weighted by atomic mass is 9.95. The van der Waals surface area contributed by atoms with Crippen molar-refractivity contribution in [3.05, 3.63) is 169 Å². The molecule has 0 amide bonds. The summed E-state index contributed by atoms with van der Waals surface area (Å²) in [4.78, 5) is 7.38. The average molecular weight is 651 g/mol. The van der Waals surface area contributed by atoms with Crippen LogP contribution in [0.25, 0.3) is 32.3 Å². The molecule has 1 aliphatic heterocycles. The monoisotopic (exact) mass is 650 g/mol. The molecule has 0 saturated carbocycles. The van der Waals surface area contributed by atoms with Crippen LogP contribution in [0.3, 0.4) is 0 Å². The van der Waals surface area contributed by atoms with Gasteiger partial charge < -0.3 is 9.80 Å². The van der Waals surface area contributed by atoms with Crippen LogP contribution >= 0.6 is 11.8 Å². The molecule has 8 aromatic carbocycles. The summed E-state index contributed by atoms with van der Waals surface area (Å²) in [7, 11) is 0. The van der Waals surface area contributed by atoms with Crippen molar-refractivity contribution in [1.29, 1.82) is 0 Å². The summed E-state index contributed by atoms with van der Waals surface area (Å²) in [6, 6.07) is 57.8. The number of hydrogen-bond donors (Lipinski definition) is 0. The van der Waals surface area contributed by atoms with E-state index >= 15 is 0 Å². The molecule has 3 heteroatoms. The molecule has 0 bridgehead atoms. The lowest BCUT2D eigenvalue weighted by Gasteiger charge is -2.33. The second-order valence-corrected chi connectivity index (χ2v) is 13.4. The van der Waals surface area contributed by atoms with Crippen molar-refractivity contribution in [2.45, 2.75) is 37.5 Å². The first-order chi connectivity index (χ1) is 24.1. The molecular weight excluding hydrogens is 613 g/mol. The maximum Gasteiger partial charge on any atom is 0.0601 e. The van der Waals surface area contributed by atoms with Crippen LogP contribution in [0.4, 0.5) is 34.1 Å². The van der Waals surface area contributed by atoms with E-state index in [1.54, 1.807) is 0 Å². The lowest BCUT2D eigenvalue weighted by Crippen LogP contribution is -2.14. The maximum atomic E-state index is 2.42. The van der Waals surface area contributed by atoms with Gasteiger partial charge in [-0.3, -0.25) is 0 Å². The number of aryl methyl sites for hydroxylation is 2. The zero-order valence-electron chi connectivity index (χ0n) is 28.3. The Balaban J connectivity index is 0.00000171. The number of hydrogen-bond acceptors (Lipinski definition) is 3. The van der Waals surface area contributed by atoms with Crippen molar-refractivity contribution >= 4 is 78.2 Å². The van der Waals surface area contributed by atoms with Gasteiger partial charge in [-0.1, -0.05) is 123 Å². The van der Waals surface area contributed by atoms with Crippen molar-refractivity contribution in [3.8, 4) is 0 Å². The fourth-order valence-corrected chi connectivity index (χ4v) is 8.21. The number of fused-ring (bicyclic) bond motifs is 7. The van der Waals surface area contributed by atoms with E-state index in [2.05, 4.69) is 181 Å². The van der Waals surface area contributed by atoms with Gasteiger partial charge in [0.1, 0.15) is 0 Å². The highest BCUT2D eigenvalue weighted by Crippen LogP contribution is 2.52. The molecule has 9 rings (SSSR count). The molecule has 238 valence electrons. The van der Waals surface area contributed by atoms with Gasteiger partial charge in [-0.25, -0.2) is 0 Å². The highest BCUT2D eigenvalue weighted by Gasteiger charge is 2.25. The van der Waals surface area contributed by atoms with E-state index in [9.17, 15) is 0 Å².